The van der Waals surface area contributed by atoms with Gasteiger partial charge in [0.05, 0.1) is 13.0 Å². The van der Waals surface area contributed by atoms with E-state index in [2.05, 4.69) is 26.6 Å². The van der Waals surface area contributed by atoms with E-state index < -0.39 is 66.9 Å². The Kier molecular flexibility index (Phi) is 15.3. The number of guanidine groups is 2. The molecule has 0 spiro atoms. The normalized spacial score (nSPS) is 13.7. The number of hydrogen-bond donors (Lipinski definition) is 13. The zero-order valence-corrected chi connectivity index (χ0v) is 20.1. The Morgan fingerprint density at radius 3 is 1.49 bits per heavy atom. The number of aliphatic hydroxyl groups excluding tert-OH is 1. The van der Waals surface area contributed by atoms with Crippen LogP contribution in [0.4, 0.5) is 0 Å². The van der Waals surface area contributed by atoms with Gasteiger partial charge in [0.25, 0.3) is 0 Å². The van der Waals surface area contributed by atoms with Crippen LogP contribution in [0.3, 0.4) is 0 Å². The van der Waals surface area contributed by atoms with Crippen molar-refractivity contribution in [3.63, 3.8) is 0 Å². The minimum absolute atomic E-state index is 0.00694. The highest BCUT2D eigenvalue weighted by molar-refractivity contribution is 5.94. The molecule has 0 rings (SSSR count). The first-order valence-corrected chi connectivity index (χ1v) is 11.2. The van der Waals surface area contributed by atoms with Crippen LogP contribution < -0.4 is 43.8 Å². The van der Waals surface area contributed by atoms with E-state index in [4.69, 9.17) is 38.2 Å². The molecule has 0 aliphatic carbocycles. The molecule has 0 aromatic heterocycles. The van der Waals surface area contributed by atoms with E-state index in [0.717, 1.165) is 0 Å². The molecule has 0 aromatic carbocycles. The molecule has 0 saturated carbocycles. The molecule has 0 heterocycles. The van der Waals surface area contributed by atoms with E-state index >= 15 is 0 Å². The number of aliphatic hydroxyl groups is 1. The van der Waals surface area contributed by atoms with E-state index in [0.29, 0.717) is 0 Å². The van der Waals surface area contributed by atoms with Crippen LogP contribution in [-0.2, 0) is 24.0 Å². The number of amides is 3. The quantitative estimate of drug-likeness (QED) is 0.0446. The highest BCUT2D eigenvalue weighted by Crippen LogP contribution is 2.04. The number of carbonyl (C=O) groups excluding carboxylic acids is 3. The van der Waals surface area contributed by atoms with Crippen molar-refractivity contribution in [2.24, 2.45) is 17.2 Å². The van der Waals surface area contributed by atoms with Crippen molar-refractivity contribution in [2.45, 2.75) is 56.3 Å². The lowest BCUT2D eigenvalue weighted by molar-refractivity contribution is -0.147. The van der Waals surface area contributed by atoms with E-state index in [9.17, 15) is 29.1 Å². The van der Waals surface area contributed by atoms with Crippen molar-refractivity contribution < 1.29 is 39.3 Å². The summed E-state index contributed by atoms with van der Waals surface area (Å²) in [6.45, 7) is -0.383. The molecule has 0 unspecified atom stereocenters. The van der Waals surface area contributed by atoms with Gasteiger partial charge in [0.15, 0.2) is 11.9 Å². The third-order valence-electron chi connectivity index (χ3n) is 4.76. The summed E-state index contributed by atoms with van der Waals surface area (Å²) in [6, 6.07) is -5.68. The van der Waals surface area contributed by atoms with Gasteiger partial charge in [-0.05, 0) is 25.7 Å². The summed E-state index contributed by atoms with van der Waals surface area (Å²) in [5, 5.41) is 53.4. The summed E-state index contributed by atoms with van der Waals surface area (Å²) >= 11 is 0. The zero-order valence-electron chi connectivity index (χ0n) is 20.1. The Balaban J connectivity index is 5.62. The molecular weight excluding hydrogens is 496 g/mol. The van der Waals surface area contributed by atoms with Crippen LogP contribution in [0.25, 0.3) is 0 Å². The van der Waals surface area contributed by atoms with Gasteiger partial charge in [0.2, 0.25) is 17.7 Å². The summed E-state index contributed by atoms with van der Waals surface area (Å²) < 4.78 is 0. The molecule has 18 nitrogen and oxygen atoms in total. The van der Waals surface area contributed by atoms with E-state index in [1.165, 1.54) is 0 Å². The predicted molar refractivity (Wildman–Crippen MR) is 129 cm³/mol. The third kappa shape index (κ3) is 14.7. The lowest BCUT2D eigenvalue weighted by Gasteiger charge is -2.25. The number of carbonyl (C=O) groups is 5. The smallest absolute Gasteiger partial charge is 0.326 e. The summed E-state index contributed by atoms with van der Waals surface area (Å²) in [7, 11) is 0. The fourth-order valence-corrected chi connectivity index (χ4v) is 2.88. The number of hydrogen-bond acceptors (Lipinski definition) is 9. The zero-order chi connectivity index (χ0) is 28.5. The second kappa shape index (κ2) is 17.3. The standard InChI is InChI=1S/C19H36N10O8/c20-9(8-30)14(33)27-10(3-1-5-25-18(21)22)15(34)28-11(4-2-6-26-19(23)24)16(35)29-12(17(36)37)7-13(31)32/h9-12,30H,1-8,20H2,(H,27,33)(H,28,34)(H,29,35)(H,31,32)(H,36,37)(H4,21,22,25)(H4,23,24,26)/t9-,10-,11-,12-/m0/s1. The molecular formula is C19H36N10O8. The van der Waals surface area contributed by atoms with Crippen molar-refractivity contribution in [2.75, 3.05) is 19.7 Å². The van der Waals surface area contributed by atoms with Gasteiger partial charge in [-0.2, -0.15) is 0 Å². The maximum Gasteiger partial charge on any atom is 0.326 e. The molecule has 0 aromatic rings. The Labute approximate surface area is 212 Å². The van der Waals surface area contributed by atoms with Crippen LogP contribution >= 0.6 is 0 Å². The minimum Gasteiger partial charge on any atom is -0.481 e. The molecule has 0 aliphatic rings. The number of carboxylic acid groups (broad SMARTS) is 2. The average molecular weight is 533 g/mol. The van der Waals surface area contributed by atoms with Crippen molar-refractivity contribution in [1.82, 2.24) is 26.6 Å². The number of rotatable bonds is 18. The first kappa shape index (κ1) is 32.8. The maximum absolute atomic E-state index is 13.0. The SMILES string of the molecule is N=C(N)NCCC[C@H](NC(=O)[C@H](CCCNC(=N)N)NC(=O)[C@@H](N)CO)C(=O)N[C@@H](CC(=O)O)C(=O)O. The summed E-state index contributed by atoms with van der Waals surface area (Å²) in [5.74, 6) is -6.38. The largest absolute Gasteiger partial charge is 0.481 e. The molecule has 210 valence electrons. The molecule has 0 fully saturated rings. The van der Waals surface area contributed by atoms with Gasteiger partial charge in [0, 0.05) is 13.1 Å². The molecule has 37 heavy (non-hydrogen) atoms. The molecule has 0 bridgehead atoms. The number of aliphatic carboxylic acids is 2. The monoisotopic (exact) mass is 532 g/mol. The third-order valence-corrected chi connectivity index (χ3v) is 4.76. The van der Waals surface area contributed by atoms with Crippen LogP contribution in [0.1, 0.15) is 32.1 Å². The minimum atomic E-state index is -1.77. The highest BCUT2D eigenvalue weighted by atomic mass is 16.4. The van der Waals surface area contributed by atoms with Crippen LogP contribution in [0.2, 0.25) is 0 Å². The Hall–Kier alpha value is -4.19. The Morgan fingerprint density at radius 1 is 0.730 bits per heavy atom. The fourth-order valence-electron chi connectivity index (χ4n) is 2.88. The maximum atomic E-state index is 13.0. The van der Waals surface area contributed by atoms with Crippen LogP contribution in [-0.4, -0.2) is 101 Å². The Bertz CT molecular complexity index is 840. The van der Waals surface area contributed by atoms with Crippen molar-refractivity contribution in [3.05, 3.63) is 0 Å². The number of carboxylic acids is 2. The summed E-state index contributed by atoms with van der Waals surface area (Å²) in [5.41, 5.74) is 15.9. The predicted octanol–water partition coefficient (Wildman–Crippen LogP) is -5.15. The second-order valence-corrected chi connectivity index (χ2v) is 7.87. The first-order valence-electron chi connectivity index (χ1n) is 11.2. The van der Waals surface area contributed by atoms with Gasteiger partial charge in [0.1, 0.15) is 24.2 Å². The topological polar surface area (TPSA) is 332 Å². The highest BCUT2D eigenvalue weighted by Gasteiger charge is 2.30. The van der Waals surface area contributed by atoms with Gasteiger partial charge in [-0.15, -0.1) is 0 Å². The van der Waals surface area contributed by atoms with Crippen molar-refractivity contribution >= 4 is 41.6 Å². The van der Waals surface area contributed by atoms with E-state index in [1.807, 2.05) is 0 Å². The van der Waals surface area contributed by atoms with Crippen LogP contribution in [0.5, 0.6) is 0 Å². The van der Waals surface area contributed by atoms with Gasteiger partial charge in [-0.3, -0.25) is 30.0 Å². The second-order valence-electron chi connectivity index (χ2n) is 7.87. The number of nitrogens with one attached hydrogen (secondary N) is 7. The van der Waals surface area contributed by atoms with E-state index in [-0.39, 0.29) is 50.7 Å². The van der Waals surface area contributed by atoms with Crippen molar-refractivity contribution in [1.29, 1.82) is 10.8 Å². The molecule has 0 saturated heterocycles. The van der Waals surface area contributed by atoms with Crippen LogP contribution in [0, 0.1) is 10.8 Å². The van der Waals surface area contributed by atoms with E-state index in [1.54, 1.807) is 0 Å². The van der Waals surface area contributed by atoms with Gasteiger partial charge >= 0.3 is 11.9 Å². The molecule has 0 radical (unpaired) electrons. The summed E-state index contributed by atoms with van der Waals surface area (Å²) in [4.78, 5) is 60.2. The van der Waals surface area contributed by atoms with Gasteiger partial charge in [-0.1, -0.05) is 0 Å². The lowest BCUT2D eigenvalue weighted by Crippen LogP contribution is -2.57. The average Bonchev–Trinajstić information content (AvgIpc) is 2.80. The van der Waals surface area contributed by atoms with Crippen LogP contribution in [0.15, 0.2) is 0 Å². The van der Waals surface area contributed by atoms with Crippen molar-refractivity contribution in [3.8, 4) is 0 Å². The Morgan fingerprint density at radius 2 is 1.14 bits per heavy atom. The fraction of sp³-hybridized carbons (Fsp3) is 0.632. The molecule has 0 aliphatic heterocycles. The lowest BCUT2D eigenvalue weighted by atomic mass is 10.1. The van der Waals surface area contributed by atoms with Gasteiger partial charge < -0.3 is 59.1 Å². The molecule has 3 amide bonds. The number of nitrogens with two attached hydrogens (primary N) is 3. The molecule has 16 N–H and O–H groups in total. The van der Waals surface area contributed by atoms with Gasteiger partial charge in [-0.25, -0.2) is 4.79 Å². The summed E-state index contributed by atoms with van der Waals surface area (Å²) in [6.07, 6.45) is -0.545. The first-order chi connectivity index (χ1) is 17.3. The molecule has 18 heteroatoms. The molecule has 4 atom stereocenters.